The van der Waals surface area contributed by atoms with Gasteiger partial charge in [0.05, 0.1) is 48.3 Å². The van der Waals surface area contributed by atoms with Crippen molar-refractivity contribution in [2.45, 2.75) is 65.7 Å². The molecule has 2 aromatic heterocycles. The van der Waals surface area contributed by atoms with Crippen LogP contribution in [0, 0.1) is 27.7 Å². The fourth-order valence-corrected chi connectivity index (χ4v) is 10.0. The summed E-state index contributed by atoms with van der Waals surface area (Å²) in [6, 6.07) is 12.1. The molecule has 0 fully saturated rings. The molecule has 0 aliphatic heterocycles. The Balaban J connectivity index is 0.000000306. The number of hydrogen-bond acceptors (Lipinski definition) is 8. The molecule has 0 atom stereocenters. The molecule has 2 aromatic carbocycles. The van der Waals surface area contributed by atoms with Crippen molar-refractivity contribution in [2.75, 3.05) is 37.0 Å². The summed E-state index contributed by atoms with van der Waals surface area (Å²) in [5.41, 5.74) is 6.41. The zero-order valence-corrected chi connectivity index (χ0v) is 31.3. The molecule has 0 bridgehead atoms. The second kappa shape index (κ2) is 19.7. The molecule has 41 heavy (non-hydrogen) atoms. The molecule has 4 aromatic rings. The first kappa shape index (κ1) is 37.6. The molecule has 0 amide bonds. The van der Waals surface area contributed by atoms with Gasteiger partial charge in [0.1, 0.15) is 0 Å². The van der Waals surface area contributed by atoms with Crippen LogP contribution in [0.25, 0.3) is 11.4 Å². The third kappa shape index (κ3) is 11.3. The minimum Gasteiger partial charge on any atom is -0.738 e. The van der Waals surface area contributed by atoms with E-state index in [1.807, 2.05) is 64.1 Å². The summed E-state index contributed by atoms with van der Waals surface area (Å²) in [4.78, 5) is 0. The Hall–Kier alpha value is -1.43. The predicted octanol–water partition coefficient (Wildman–Crippen LogP) is 5.86. The van der Waals surface area contributed by atoms with E-state index in [0.717, 1.165) is 33.6 Å². The molecule has 0 saturated heterocycles. The average molecular weight is 814 g/mol. The van der Waals surface area contributed by atoms with Crippen molar-refractivity contribution < 1.29 is 21.1 Å². The molecule has 8 nitrogen and oxygen atoms in total. The van der Waals surface area contributed by atoms with Gasteiger partial charge < -0.3 is 25.3 Å². The smallest absolute Gasteiger partial charge is 0.738 e. The molecule has 13 heteroatoms. The second-order valence-electron chi connectivity index (χ2n) is 9.64. The Bertz CT molecular complexity index is 1170. The van der Waals surface area contributed by atoms with Crippen molar-refractivity contribution >= 4 is 41.1 Å². The summed E-state index contributed by atoms with van der Waals surface area (Å²) in [7, 11) is 0.175. The predicted molar refractivity (Wildman–Crippen MR) is 177 cm³/mol. The summed E-state index contributed by atoms with van der Waals surface area (Å²) in [5, 5.41) is 23.0. The van der Waals surface area contributed by atoms with Gasteiger partial charge in [0.2, 0.25) is 0 Å². The van der Waals surface area contributed by atoms with Gasteiger partial charge in [0.15, 0.2) is 0 Å². The number of hydrogen-bond donors (Lipinski definition) is 0. The van der Waals surface area contributed by atoms with Crippen LogP contribution in [0.15, 0.2) is 46.7 Å². The number of benzene rings is 2. The molecular weight excluding hydrogens is 770 g/mol. The van der Waals surface area contributed by atoms with Crippen LogP contribution >= 0.6 is 15.8 Å². The van der Waals surface area contributed by atoms with E-state index >= 15 is 0 Å². The maximum Gasteiger partial charge on any atom is 2.00 e. The van der Waals surface area contributed by atoms with Gasteiger partial charge in [-0.1, -0.05) is 36.4 Å². The molecule has 0 N–H and O–H groups in total. The largest absolute Gasteiger partial charge is 2.00 e. The fourth-order valence-electron chi connectivity index (χ4n) is 4.48. The number of tetrazole rings is 2. The van der Waals surface area contributed by atoms with E-state index in [9.17, 15) is 0 Å². The van der Waals surface area contributed by atoms with Gasteiger partial charge in [-0.25, -0.2) is 9.36 Å². The Morgan fingerprint density at radius 1 is 0.585 bits per heavy atom. The van der Waals surface area contributed by atoms with Crippen LogP contribution in [0.2, 0.25) is 0 Å². The Kier molecular flexibility index (Phi) is 18.1. The molecule has 0 aliphatic rings. The summed E-state index contributed by atoms with van der Waals surface area (Å²) >= 11 is 10.0. The summed E-state index contributed by atoms with van der Waals surface area (Å²) in [6.07, 6.45) is 9.17. The topological polar surface area (TPSA) is 87.2 Å². The van der Waals surface area contributed by atoms with Crippen molar-refractivity contribution in [1.29, 1.82) is 0 Å². The van der Waals surface area contributed by atoms with Gasteiger partial charge in [-0.15, -0.1) is 10.2 Å². The van der Waals surface area contributed by atoms with Crippen LogP contribution in [0.4, 0.5) is 0 Å². The van der Waals surface area contributed by atoms with E-state index in [4.69, 9.17) is 25.3 Å². The van der Waals surface area contributed by atoms with Gasteiger partial charge in [-0.3, -0.25) is 0 Å². The zero-order valence-electron chi connectivity index (χ0n) is 25.4. The Morgan fingerprint density at radius 2 is 0.878 bits per heavy atom. The quantitative estimate of drug-likeness (QED) is 0.154. The van der Waals surface area contributed by atoms with Gasteiger partial charge in [0, 0.05) is 26.2 Å². The SMILES string of the molecule is CC[PH+](CC)CC[PH+](CC)CC.Cc1cccc(C)c1-n1nnnc1[S-].Cc1cccc(C)c1-n1nnnc1[S-].[Pt+2]. The normalized spacial score (nSPS) is 10.5. The van der Waals surface area contributed by atoms with Crippen molar-refractivity contribution in [1.82, 2.24) is 40.4 Å². The van der Waals surface area contributed by atoms with E-state index in [1.165, 1.54) is 24.6 Å². The van der Waals surface area contributed by atoms with E-state index in [0.29, 0.717) is 10.3 Å². The van der Waals surface area contributed by atoms with Crippen molar-refractivity contribution in [3.8, 4) is 11.4 Å². The van der Waals surface area contributed by atoms with Gasteiger partial charge >= 0.3 is 21.1 Å². The van der Waals surface area contributed by atoms with Crippen LogP contribution in [0.5, 0.6) is 0 Å². The van der Waals surface area contributed by atoms with E-state index < -0.39 is 0 Å². The molecule has 0 radical (unpaired) electrons. The number of aryl methyl sites for hydroxylation is 4. The number of nitrogens with zero attached hydrogens (tertiary/aromatic N) is 8. The maximum absolute atomic E-state index is 5.01. The molecule has 4 rings (SSSR count). The molecule has 0 unspecified atom stereocenters. The fraction of sp³-hybridized carbons (Fsp3) is 0.500. The molecule has 226 valence electrons. The first-order valence-electron chi connectivity index (χ1n) is 13.9. The summed E-state index contributed by atoms with van der Waals surface area (Å²) in [6.45, 7) is 17.6. The van der Waals surface area contributed by atoms with Crippen LogP contribution in [0.3, 0.4) is 0 Å². The van der Waals surface area contributed by atoms with Gasteiger partial charge in [-0.05, 0) is 98.5 Å². The number of rotatable bonds is 9. The van der Waals surface area contributed by atoms with Crippen LogP contribution < -0.4 is 0 Å². The third-order valence-electron chi connectivity index (χ3n) is 7.02. The maximum atomic E-state index is 5.01. The van der Waals surface area contributed by atoms with Gasteiger partial charge in [-0.2, -0.15) is 0 Å². The number of aromatic nitrogens is 8. The van der Waals surface area contributed by atoms with Crippen molar-refractivity contribution in [3.63, 3.8) is 0 Å². The molecular formula is C28H44N8P2PtS2+2. The van der Waals surface area contributed by atoms with Crippen LogP contribution in [-0.2, 0) is 46.3 Å². The minimum absolute atomic E-state index is 0. The minimum atomic E-state index is 0. The zero-order chi connectivity index (χ0) is 29.7. The summed E-state index contributed by atoms with van der Waals surface area (Å²) in [5.74, 6) is 0. The van der Waals surface area contributed by atoms with E-state index in [2.05, 4.69) is 58.7 Å². The van der Waals surface area contributed by atoms with Crippen molar-refractivity contribution in [2.24, 2.45) is 0 Å². The van der Waals surface area contributed by atoms with E-state index in [1.54, 1.807) is 21.7 Å². The molecule has 0 spiro atoms. The number of para-hydroxylation sites is 2. The average Bonchev–Trinajstić information content (AvgIpc) is 3.55. The Labute approximate surface area is 273 Å². The Morgan fingerprint density at radius 3 is 1.10 bits per heavy atom. The summed E-state index contributed by atoms with van der Waals surface area (Å²) < 4.78 is 3.17. The van der Waals surface area contributed by atoms with E-state index in [-0.39, 0.29) is 36.9 Å². The van der Waals surface area contributed by atoms with Crippen LogP contribution in [0.1, 0.15) is 49.9 Å². The molecule has 0 saturated carbocycles. The first-order chi connectivity index (χ1) is 19.2. The van der Waals surface area contributed by atoms with Crippen molar-refractivity contribution in [3.05, 3.63) is 58.7 Å². The molecule has 0 aliphatic carbocycles. The third-order valence-corrected chi connectivity index (χ3v) is 13.9. The standard InChI is InChI=1S/C10H24P2.2C9H10N4S.Pt/c1-5-11(6-2)9-10-12(7-3)8-4;2*1-6-4-3-5-7(2)8(6)13-9(14)10-11-12-13;/h5-10H2,1-4H3;2*3-5H,1-2H3,(H,10,12,14);/q;;;+2. The first-order valence-corrected chi connectivity index (χ1v) is 18.9. The van der Waals surface area contributed by atoms with Gasteiger partial charge in [0.25, 0.3) is 0 Å². The second-order valence-corrected chi connectivity index (χ2v) is 17.2. The monoisotopic (exact) mass is 813 g/mol. The molecule has 2 heterocycles. The van der Waals surface area contributed by atoms with Crippen LogP contribution in [-0.4, -0.2) is 77.4 Å².